The Kier molecular flexibility index (Phi) is 4.32. The summed E-state index contributed by atoms with van der Waals surface area (Å²) >= 11 is 6.41. The molecule has 4 unspecified atom stereocenters. The summed E-state index contributed by atoms with van der Waals surface area (Å²) in [6.07, 6.45) is 4.06. The topological polar surface area (TPSA) is 38.5 Å². The van der Waals surface area contributed by atoms with Crippen molar-refractivity contribution in [2.24, 2.45) is 5.73 Å². The minimum atomic E-state index is 0.104. The van der Waals surface area contributed by atoms with Gasteiger partial charge in [0.05, 0.1) is 18.2 Å². The van der Waals surface area contributed by atoms with E-state index in [1.807, 2.05) is 18.2 Å². The van der Waals surface area contributed by atoms with Crippen molar-refractivity contribution < 1.29 is 4.74 Å². The van der Waals surface area contributed by atoms with Crippen molar-refractivity contribution in [3.05, 3.63) is 34.9 Å². The largest absolute Gasteiger partial charge is 0.372 e. The molecule has 1 aromatic carbocycles. The fourth-order valence-electron chi connectivity index (χ4n) is 3.51. The molecule has 4 atom stereocenters. The van der Waals surface area contributed by atoms with Crippen LogP contribution < -0.4 is 5.73 Å². The Morgan fingerprint density at radius 1 is 1.30 bits per heavy atom. The highest BCUT2D eigenvalue weighted by Gasteiger charge is 2.38. The van der Waals surface area contributed by atoms with Crippen molar-refractivity contribution in [3.63, 3.8) is 0 Å². The van der Waals surface area contributed by atoms with Crippen molar-refractivity contribution in [1.29, 1.82) is 0 Å². The molecule has 3 rings (SSSR count). The number of ether oxygens (including phenoxy) is 1. The lowest BCUT2D eigenvalue weighted by molar-refractivity contribution is -0.0568. The van der Waals surface area contributed by atoms with Crippen molar-refractivity contribution in [3.8, 4) is 0 Å². The maximum atomic E-state index is 6.42. The van der Waals surface area contributed by atoms with Gasteiger partial charge in [-0.2, -0.15) is 0 Å². The predicted octanol–water partition coefficient (Wildman–Crippen LogP) is 2.98. The molecule has 2 aliphatic rings. The van der Waals surface area contributed by atoms with Crippen molar-refractivity contribution in [2.45, 2.75) is 50.5 Å². The third-order valence-corrected chi connectivity index (χ3v) is 4.91. The standard InChI is InChI=1S/C16H23ClN2O/c1-2-15(18)16(13-5-3-4-6-14(13)17)19-9-11-7-8-12(10-19)20-11/h3-6,11-12,15-16H,2,7-10,18H2,1H3. The van der Waals surface area contributed by atoms with Crippen LogP contribution in [0, 0.1) is 0 Å². The molecule has 2 heterocycles. The van der Waals surface area contributed by atoms with Crippen LogP contribution in [0.4, 0.5) is 0 Å². The Morgan fingerprint density at radius 3 is 2.55 bits per heavy atom. The van der Waals surface area contributed by atoms with E-state index in [9.17, 15) is 0 Å². The van der Waals surface area contributed by atoms with Gasteiger partial charge in [0.15, 0.2) is 0 Å². The van der Waals surface area contributed by atoms with E-state index in [4.69, 9.17) is 22.1 Å². The lowest BCUT2D eigenvalue weighted by Crippen LogP contribution is -2.49. The van der Waals surface area contributed by atoms with Gasteiger partial charge < -0.3 is 10.5 Å². The van der Waals surface area contributed by atoms with Crippen LogP contribution in [0.25, 0.3) is 0 Å². The number of morpholine rings is 1. The molecule has 0 amide bonds. The number of halogens is 1. The molecule has 0 aromatic heterocycles. The van der Waals surface area contributed by atoms with Crippen LogP contribution in [0.5, 0.6) is 0 Å². The van der Waals surface area contributed by atoms with Gasteiger partial charge in [-0.25, -0.2) is 0 Å². The first-order valence-corrected chi connectivity index (χ1v) is 7.96. The molecule has 3 nitrogen and oxygen atoms in total. The molecule has 2 bridgehead atoms. The number of benzene rings is 1. The molecule has 2 saturated heterocycles. The molecule has 20 heavy (non-hydrogen) atoms. The average Bonchev–Trinajstić information content (AvgIpc) is 2.80. The zero-order valence-corrected chi connectivity index (χ0v) is 12.7. The van der Waals surface area contributed by atoms with Gasteiger partial charge in [0.2, 0.25) is 0 Å². The molecule has 0 aliphatic carbocycles. The molecule has 110 valence electrons. The van der Waals surface area contributed by atoms with Crippen molar-refractivity contribution in [2.75, 3.05) is 13.1 Å². The van der Waals surface area contributed by atoms with Gasteiger partial charge in [0.25, 0.3) is 0 Å². The minimum absolute atomic E-state index is 0.104. The molecule has 4 heteroatoms. The van der Waals surface area contributed by atoms with Gasteiger partial charge >= 0.3 is 0 Å². The summed E-state index contributed by atoms with van der Waals surface area (Å²) in [7, 11) is 0. The average molecular weight is 295 g/mol. The van der Waals surface area contributed by atoms with Crippen molar-refractivity contribution in [1.82, 2.24) is 4.90 Å². The van der Waals surface area contributed by atoms with E-state index >= 15 is 0 Å². The summed E-state index contributed by atoms with van der Waals surface area (Å²) in [6, 6.07) is 8.39. The second-order valence-corrected chi connectivity index (χ2v) is 6.36. The summed E-state index contributed by atoms with van der Waals surface area (Å²) in [4.78, 5) is 2.49. The molecule has 0 spiro atoms. The Bertz CT molecular complexity index is 456. The minimum Gasteiger partial charge on any atom is -0.372 e. The van der Waals surface area contributed by atoms with E-state index in [2.05, 4.69) is 17.9 Å². The van der Waals surface area contributed by atoms with E-state index in [-0.39, 0.29) is 12.1 Å². The lowest BCUT2D eigenvalue weighted by atomic mass is 9.95. The molecular formula is C16H23ClN2O. The van der Waals surface area contributed by atoms with Crippen LogP contribution in [0.2, 0.25) is 5.02 Å². The first-order chi connectivity index (χ1) is 9.69. The van der Waals surface area contributed by atoms with Crippen LogP contribution in [0.1, 0.15) is 37.8 Å². The third kappa shape index (κ3) is 2.73. The number of hydrogen-bond acceptors (Lipinski definition) is 3. The quantitative estimate of drug-likeness (QED) is 0.928. The highest BCUT2D eigenvalue weighted by atomic mass is 35.5. The molecule has 0 saturated carbocycles. The third-order valence-electron chi connectivity index (χ3n) is 4.57. The van der Waals surface area contributed by atoms with E-state index in [1.54, 1.807) is 0 Å². The molecular weight excluding hydrogens is 272 g/mol. The number of nitrogens with two attached hydrogens (primary N) is 1. The molecule has 2 N–H and O–H groups in total. The van der Waals surface area contributed by atoms with Crippen molar-refractivity contribution >= 4 is 11.6 Å². The summed E-state index contributed by atoms with van der Waals surface area (Å²) in [5.41, 5.74) is 7.58. The SMILES string of the molecule is CCC(N)C(c1ccccc1Cl)N1CC2CCC(C1)O2. The molecule has 2 aliphatic heterocycles. The number of nitrogens with zero attached hydrogens (tertiary/aromatic N) is 1. The smallest absolute Gasteiger partial charge is 0.0707 e. The summed E-state index contributed by atoms with van der Waals surface area (Å²) in [5, 5.41) is 0.820. The number of hydrogen-bond donors (Lipinski definition) is 1. The zero-order valence-electron chi connectivity index (χ0n) is 12.0. The Morgan fingerprint density at radius 2 is 1.95 bits per heavy atom. The Balaban J connectivity index is 1.89. The number of fused-ring (bicyclic) bond motifs is 2. The second kappa shape index (κ2) is 6.02. The zero-order chi connectivity index (χ0) is 14.1. The highest BCUT2D eigenvalue weighted by molar-refractivity contribution is 6.31. The number of likely N-dealkylation sites (tertiary alicyclic amines) is 1. The summed E-state index contributed by atoms with van der Waals surface area (Å²) in [5.74, 6) is 0. The maximum absolute atomic E-state index is 6.42. The molecule has 2 fully saturated rings. The normalized spacial score (nSPS) is 29.4. The summed E-state index contributed by atoms with van der Waals surface area (Å²) < 4.78 is 5.94. The van der Waals surface area contributed by atoms with Crippen LogP contribution in [-0.4, -0.2) is 36.2 Å². The van der Waals surface area contributed by atoms with Crippen LogP contribution in [0.15, 0.2) is 24.3 Å². The van der Waals surface area contributed by atoms with E-state index in [1.165, 1.54) is 12.8 Å². The number of rotatable bonds is 4. The Labute approximate surface area is 126 Å². The Hall–Kier alpha value is -0.610. The second-order valence-electron chi connectivity index (χ2n) is 5.95. The maximum Gasteiger partial charge on any atom is 0.0707 e. The van der Waals surface area contributed by atoms with Crippen LogP contribution in [-0.2, 0) is 4.74 Å². The first-order valence-electron chi connectivity index (χ1n) is 7.58. The fraction of sp³-hybridized carbons (Fsp3) is 0.625. The van der Waals surface area contributed by atoms with Gasteiger partial charge in [-0.15, -0.1) is 0 Å². The van der Waals surface area contributed by atoms with Gasteiger partial charge in [0, 0.05) is 24.2 Å². The van der Waals surface area contributed by atoms with E-state index < -0.39 is 0 Å². The first kappa shape index (κ1) is 14.3. The molecule has 1 aromatic rings. The van der Waals surface area contributed by atoms with Gasteiger partial charge in [-0.1, -0.05) is 36.7 Å². The van der Waals surface area contributed by atoms with Gasteiger partial charge in [-0.05, 0) is 30.9 Å². The van der Waals surface area contributed by atoms with E-state index in [0.29, 0.717) is 12.2 Å². The highest BCUT2D eigenvalue weighted by Crippen LogP contribution is 2.36. The molecule has 0 radical (unpaired) electrons. The van der Waals surface area contributed by atoms with Crippen LogP contribution in [0.3, 0.4) is 0 Å². The predicted molar refractivity (Wildman–Crippen MR) is 81.9 cm³/mol. The summed E-state index contributed by atoms with van der Waals surface area (Å²) in [6.45, 7) is 4.09. The lowest BCUT2D eigenvalue weighted by Gasteiger charge is -2.41. The van der Waals surface area contributed by atoms with Gasteiger partial charge in [0.1, 0.15) is 0 Å². The fourth-order valence-corrected chi connectivity index (χ4v) is 3.76. The monoisotopic (exact) mass is 294 g/mol. The van der Waals surface area contributed by atoms with E-state index in [0.717, 1.165) is 30.1 Å². The van der Waals surface area contributed by atoms with Crippen LogP contribution >= 0.6 is 11.6 Å². The van der Waals surface area contributed by atoms with Gasteiger partial charge in [-0.3, -0.25) is 4.90 Å².